The summed E-state index contributed by atoms with van der Waals surface area (Å²) < 4.78 is 0.975. The summed E-state index contributed by atoms with van der Waals surface area (Å²) in [7, 11) is 1.65. The minimum Gasteiger partial charge on any atom is -0.335 e. The fourth-order valence-electron chi connectivity index (χ4n) is 1.76. The van der Waals surface area contributed by atoms with Crippen LogP contribution >= 0.6 is 15.9 Å². The lowest BCUT2D eigenvalue weighted by molar-refractivity contribution is -0.149. The monoisotopic (exact) mass is 296 g/mol. The zero-order valence-corrected chi connectivity index (χ0v) is 11.1. The maximum atomic E-state index is 11.8. The molecule has 0 saturated carbocycles. The van der Waals surface area contributed by atoms with Crippen molar-refractivity contribution in [2.24, 2.45) is 0 Å². The molecule has 1 aliphatic rings. The van der Waals surface area contributed by atoms with E-state index in [4.69, 9.17) is 0 Å². The molecule has 2 amide bonds. The van der Waals surface area contributed by atoms with E-state index in [0.29, 0.717) is 6.54 Å². The Kier molecular flexibility index (Phi) is 3.47. The molecule has 0 spiro atoms. The van der Waals surface area contributed by atoms with Crippen molar-refractivity contribution in [2.45, 2.75) is 6.54 Å². The number of piperazine rings is 1. The molecule has 0 radical (unpaired) electrons. The molecule has 1 saturated heterocycles. The number of carbonyl (C=O) groups is 2. The van der Waals surface area contributed by atoms with Gasteiger partial charge >= 0.3 is 0 Å². The predicted molar refractivity (Wildman–Crippen MR) is 67.2 cm³/mol. The van der Waals surface area contributed by atoms with Crippen LogP contribution in [0.4, 0.5) is 0 Å². The zero-order chi connectivity index (χ0) is 12.4. The number of benzene rings is 1. The Morgan fingerprint density at radius 3 is 2.71 bits per heavy atom. The molecule has 0 aromatic heterocycles. The van der Waals surface area contributed by atoms with E-state index in [-0.39, 0.29) is 24.9 Å². The first kappa shape index (κ1) is 12.1. The van der Waals surface area contributed by atoms with Gasteiger partial charge in [0.2, 0.25) is 11.8 Å². The van der Waals surface area contributed by atoms with Crippen LogP contribution in [0.3, 0.4) is 0 Å². The summed E-state index contributed by atoms with van der Waals surface area (Å²) in [5, 5.41) is 0. The van der Waals surface area contributed by atoms with Gasteiger partial charge in [-0.05, 0) is 17.7 Å². The zero-order valence-electron chi connectivity index (χ0n) is 9.52. The lowest BCUT2D eigenvalue weighted by atomic mass is 10.2. The third kappa shape index (κ3) is 2.85. The molecule has 1 aromatic carbocycles. The van der Waals surface area contributed by atoms with Crippen LogP contribution < -0.4 is 0 Å². The maximum Gasteiger partial charge on any atom is 0.242 e. The van der Waals surface area contributed by atoms with E-state index in [1.165, 1.54) is 4.90 Å². The topological polar surface area (TPSA) is 40.6 Å². The fraction of sp³-hybridized carbons (Fsp3) is 0.333. The van der Waals surface area contributed by atoms with Crippen LogP contribution in [-0.2, 0) is 16.1 Å². The average Bonchev–Trinajstić information content (AvgIpc) is 2.26. The van der Waals surface area contributed by atoms with Crippen molar-refractivity contribution in [2.75, 3.05) is 20.1 Å². The quantitative estimate of drug-likeness (QED) is 0.824. The summed E-state index contributed by atoms with van der Waals surface area (Å²) in [4.78, 5) is 26.3. The van der Waals surface area contributed by atoms with Crippen LogP contribution in [0.5, 0.6) is 0 Å². The Labute approximate surface area is 108 Å². The second-order valence-electron chi connectivity index (χ2n) is 4.13. The molecule has 4 nitrogen and oxygen atoms in total. The van der Waals surface area contributed by atoms with E-state index < -0.39 is 0 Å². The molecule has 0 aliphatic carbocycles. The van der Waals surface area contributed by atoms with Crippen molar-refractivity contribution in [1.82, 2.24) is 9.80 Å². The second kappa shape index (κ2) is 4.87. The Bertz CT molecular complexity index is 462. The maximum absolute atomic E-state index is 11.8. The predicted octanol–water partition coefficient (Wildman–Crippen LogP) is 1.25. The summed E-state index contributed by atoms with van der Waals surface area (Å²) >= 11 is 3.38. The summed E-state index contributed by atoms with van der Waals surface area (Å²) in [5.74, 6) is -0.0216. The highest BCUT2D eigenvalue weighted by atomic mass is 79.9. The standard InChI is InChI=1S/C12H13BrN2O2/c1-14-7-12(17)15(8-11(14)16)6-9-3-2-4-10(13)5-9/h2-5H,6-8H2,1H3. The summed E-state index contributed by atoms with van der Waals surface area (Å²) in [6.45, 7) is 0.826. The summed E-state index contributed by atoms with van der Waals surface area (Å²) in [6, 6.07) is 7.75. The first-order valence-electron chi connectivity index (χ1n) is 5.32. The van der Waals surface area contributed by atoms with Crippen molar-refractivity contribution in [3.8, 4) is 0 Å². The Balaban J connectivity index is 2.08. The molecule has 1 heterocycles. The van der Waals surface area contributed by atoms with Crippen molar-refractivity contribution in [1.29, 1.82) is 0 Å². The molecule has 1 fully saturated rings. The van der Waals surface area contributed by atoms with Gasteiger partial charge in [0.15, 0.2) is 0 Å². The number of amides is 2. The molecule has 0 atom stereocenters. The third-order valence-corrected chi connectivity index (χ3v) is 3.23. The average molecular weight is 297 g/mol. The van der Waals surface area contributed by atoms with Gasteiger partial charge in [-0.1, -0.05) is 28.1 Å². The Morgan fingerprint density at radius 2 is 2.00 bits per heavy atom. The Morgan fingerprint density at radius 1 is 1.24 bits per heavy atom. The lowest BCUT2D eigenvalue weighted by Gasteiger charge is -2.31. The van der Waals surface area contributed by atoms with Crippen LogP contribution in [0.25, 0.3) is 0 Å². The smallest absolute Gasteiger partial charge is 0.242 e. The fourth-order valence-corrected chi connectivity index (χ4v) is 2.21. The highest BCUT2D eigenvalue weighted by Crippen LogP contribution is 2.14. The molecule has 90 valence electrons. The first-order valence-corrected chi connectivity index (χ1v) is 6.12. The van der Waals surface area contributed by atoms with Crippen LogP contribution in [-0.4, -0.2) is 41.8 Å². The number of halogens is 1. The molecular formula is C12H13BrN2O2. The number of carbonyl (C=O) groups excluding carboxylic acids is 2. The number of nitrogens with zero attached hydrogens (tertiary/aromatic N) is 2. The molecule has 1 aromatic rings. The van der Waals surface area contributed by atoms with E-state index in [2.05, 4.69) is 15.9 Å². The van der Waals surface area contributed by atoms with Crippen molar-refractivity contribution in [3.05, 3.63) is 34.3 Å². The molecule has 0 bridgehead atoms. The number of hydrogen-bond acceptors (Lipinski definition) is 2. The van der Waals surface area contributed by atoms with E-state index in [1.54, 1.807) is 11.9 Å². The number of rotatable bonds is 2. The van der Waals surface area contributed by atoms with Gasteiger partial charge in [-0.2, -0.15) is 0 Å². The Hall–Kier alpha value is -1.36. The highest BCUT2D eigenvalue weighted by Gasteiger charge is 2.27. The summed E-state index contributed by atoms with van der Waals surface area (Å²) in [5.41, 5.74) is 1.02. The van der Waals surface area contributed by atoms with Crippen LogP contribution in [0.15, 0.2) is 28.7 Å². The second-order valence-corrected chi connectivity index (χ2v) is 5.05. The van der Waals surface area contributed by atoms with E-state index in [1.807, 2.05) is 24.3 Å². The minimum atomic E-state index is -0.0143. The number of hydrogen-bond donors (Lipinski definition) is 0. The number of likely N-dealkylation sites (N-methyl/N-ethyl adjacent to an activating group) is 1. The molecule has 17 heavy (non-hydrogen) atoms. The van der Waals surface area contributed by atoms with Gasteiger partial charge in [0.1, 0.15) is 6.54 Å². The van der Waals surface area contributed by atoms with E-state index in [0.717, 1.165) is 10.0 Å². The van der Waals surface area contributed by atoms with Crippen LogP contribution in [0.2, 0.25) is 0 Å². The van der Waals surface area contributed by atoms with E-state index >= 15 is 0 Å². The molecular weight excluding hydrogens is 284 g/mol. The van der Waals surface area contributed by atoms with Crippen LogP contribution in [0.1, 0.15) is 5.56 Å². The lowest BCUT2D eigenvalue weighted by Crippen LogP contribution is -2.51. The SMILES string of the molecule is CN1CC(=O)N(Cc2cccc(Br)c2)CC1=O. The van der Waals surface area contributed by atoms with Gasteiger partial charge in [0, 0.05) is 18.1 Å². The molecule has 1 aliphatic heterocycles. The largest absolute Gasteiger partial charge is 0.335 e. The highest BCUT2D eigenvalue weighted by molar-refractivity contribution is 9.10. The van der Waals surface area contributed by atoms with Crippen molar-refractivity contribution in [3.63, 3.8) is 0 Å². The van der Waals surface area contributed by atoms with Crippen LogP contribution in [0, 0.1) is 0 Å². The van der Waals surface area contributed by atoms with Gasteiger partial charge in [0.25, 0.3) is 0 Å². The molecule has 5 heteroatoms. The normalized spacial score (nSPS) is 16.6. The van der Waals surface area contributed by atoms with Gasteiger partial charge in [-0.25, -0.2) is 0 Å². The first-order chi connectivity index (χ1) is 8.06. The minimum absolute atomic E-state index is 0.00734. The molecule has 0 unspecified atom stereocenters. The van der Waals surface area contributed by atoms with Crippen molar-refractivity contribution >= 4 is 27.7 Å². The summed E-state index contributed by atoms with van der Waals surface area (Å²) in [6.07, 6.45) is 0. The van der Waals surface area contributed by atoms with Crippen molar-refractivity contribution < 1.29 is 9.59 Å². The third-order valence-electron chi connectivity index (χ3n) is 2.74. The van der Waals surface area contributed by atoms with Gasteiger partial charge in [-0.3, -0.25) is 9.59 Å². The molecule has 2 rings (SSSR count). The van der Waals surface area contributed by atoms with Gasteiger partial charge < -0.3 is 9.80 Å². The van der Waals surface area contributed by atoms with Gasteiger partial charge in [0.05, 0.1) is 6.54 Å². The van der Waals surface area contributed by atoms with E-state index in [9.17, 15) is 9.59 Å². The molecule has 0 N–H and O–H groups in total. The van der Waals surface area contributed by atoms with Gasteiger partial charge in [-0.15, -0.1) is 0 Å².